The molecular weight excluding hydrogens is 331 g/mol. The van der Waals surface area contributed by atoms with E-state index in [0.29, 0.717) is 24.5 Å². The summed E-state index contributed by atoms with van der Waals surface area (Å²) in [5.74, 6) is 0.355. The van der Waals surface area contributed by atoms with E-state index in [9.17, 15) is 9.18 Å². The Hall–Kier alpha value is -2.11. The predicted molar refractivity (Wildman–Crippen MR) is 106 cm³/mol. The van der Waals surface area contributed by atoms with Crippen molar-refractivity contribution >= 4 is 11.9 Å². The molecule has 1 aromatic carbocycles. The quantitative estimate of drug-likeness (QED) is 0.377. The van der Waals surface area contributed by atoms with Gasteiger partial charge >= 0.3 is 0 Å². The normalized spacial score (nSPS) is 13.2. The fourth-order valence-electron chi connectivity index (χ4n) is 2.38. The maximum absolute atomic E-state index is 12.9. The van der Waals surface area contributed by atoms with Gasteiger partial charge in [0, 0.05) is 26.2 Å². The Bertz CT molecular complexity index is 578. The Morgan fingerprint density at radius 3 is 2.35 bits per heavy atom. The first-order chi connectivity index (χ1) is 12.2. The van der Waals surface area contributed by atoms with Crippen LogP contribution in [0.2, 0.25) is 0 Å². The number of rotatable bonds is 8. The second-order valence-corrected chi connectivity index (χ2v) is 7.80. The summed E-state index contributed by atoms with van der Waals surface area (Å²) >= 11 is 0. The minimum atomic E-state index is -0.297. The molecule has 0 fully saturated rings. The van der Waals surface area contributed by atoms with Crippen LogP contribution in [0.1, 0.15) is 46.1 Å². The van der Waals surface area contributed by atoms with Crippen molar-refractivity contribution in [1.29, 1.82) is 0 Å². The third-order valence-electron chi connectivity index (χ3n) is 3.95. The lowest BCUT2D eigenvalue weighted by molar-refractivity contribution is -0.120. The van der Waals surface area contributed by atoms with Crippen LogP contribution in [0.4, 0.5) is 4.39 Å². The molecule has 1 unspecified atom stereocenters. The van der Waals surface area contributed by atoms with Gasteiger partial charge in [-0.05, 0) is 42.9 Å². The van der Waals surface area contributed by atoms with Gasteiger partial charge in [-0.3, -0.25) is 9.79 Å². The summed E-state index contributed by atoms with van der Waals surface area (Å²) in [4.78, 5) is 16.1. The van der Waals surface area contributed by atoms with Crippen LogP contribution in [0.25, 0.3) is 0 Å². The number of nitrogens with zero attached hydrogens (tertiary/aromatic N) is 1. The number of halogens is 1. The van der Waals surface area contributed by atoms with Gasteiger partial charge in [-0.2, -0.15) is 0 Å². The Kier molecular flexibility index (Phi) is 9.10. The van der Waals surface area contributed by atoms with E-state index in [1.54, 1.807) is 19.2 Å². The third kappa shape index (κ3) is 10.0. The fourth-order valence-corrected chi connectivity index (χ4v) is 2.38. The van der Waals surface area contributed by atoms with E-state index in [2.05, 4.69) is 48.6 Å². The molecule has 1 atom stereocenters. The highest BCUT2D eigenvalue weighted by Gasteiger charge is 2.13. The molecule has 0 bridgehead atoms. The van der Waals surface area contributed by atoms with Crippen molar-refractivity contribution in [3.8, 4) is 0 Å². The molecule has 0 radical (unpaired) electrons. The number of guanidine groups is 1. The van der Waals surface area contributed by atoms with Crippen LogP contribution in [0.15, 0.2) is 29.3 Å². The van der Waals surface area contributed by atoms with Crippen LogP contribution in [0, 0.1) is 11.2 Å². The average Bonchev–Trinajstić information content (AvgIpc) is 2.57. The van der Waals surface area contributed by atoms with Crippen molar-refractivity contribution in [3.05, 3.63) is 35.6 Å². The van der Waals surface area contributed by atoms with E-state index in [4.69, 9.17) is 0 Å². The van der Waals surface area contributed by atoms with E-state index in [0.717, 1.165) is 24.4 Å². The zero-order valence-corrected chi connectivity index (χ0v) is 16.7. The first-order valence-electron chi connectivity index (χ1n) is 9.18. The molecule has 0 aromatic heterocycles. The Morgan fingerprint density at radius 1 is 1.15 bits per heavy atom. The summed E-state index contributed by atoms with van der Waals surface area (Å²) in [6.45, 7) is 9.94. The molecule has 0 aliphatic rings. The van der Waals surface area contributed by atoms with Gasteiger partial charge in [-0.25, -0.2) is 4.39 Å². The lowest BCUT2D eigenvalue weighted by atomic mass is 9.89. The average molecular weight is 365 g/mol. The molecule has 1 rings (SSSR count). The molecule has 3 N–H and O–H groups in total. The Balaban J connectivity index is 2.23. The lowest BCUT2D eigenvalue weighted by Crippen LogP contribution is -2.45. The molecule has 0 heterocycles. The van der Waals surface area contributed by atoms with Gasteiger partial charge in [0.2, 0.25) is 5.91 Å². The van der Waals surface area contributed by atoms with Crippen molar-refractivity contribution in [2.75, 3.05) is 20.1 Å². The van der Waals surface area contributed by atoms with Crippen molar-refractivity contribution in [3.63, 3.8) is 0 Å². The molecule has 26 heavy (non-hydrogen) atoms. The molecule has 1 aromatic rings. The van der Waals surface area contributed by atoms with Crippen LogP contribution in [0.3, 0.4) is 0 Å². The van der Waals surface area contributed by atoms with Crippen molar-refractivity contribution < 1.29 is 9.18 Å². The highest BCUT2D eigenvalue weighted by molar-refractivity contribution is 5.80. The molecule has 6 heteroatoms. The highest BCUT2D eigenvalue weighted by Crippen LogP contribution is 2.21. The van der Waals surface area contributed by atoms with Gasteiger partial charge < -0.3 is 16.0 Å². The number of aliphatic imine (C=N–C) groups is 1. The molecule has 1 amide bonds. The first kappa shape index (κ1) is 21.9. The smallest absolute Gasteiger partial charge is 0.224 e. The zero-order valence-electron chi connectivity index (χ0n) is 16.7. The lowest BCUT2D eigenvalue weighted by Gasteiger charge is -2.23. The van der Waals surface area contributed by atoms with E-state index >= 15 is 0 Å². The number of amides is 1. The maximum atomic E-state index is 12.9. The van der Waals surface area contributed by atoms with E-state index in [1.165, 1.54) is 12.1 Å². The van der Waals surface area contributed by atoms with Gasteiger partial charge in [0.15, 0.2) is 5.96 Å². The van der Waals surface area contributed by atoms with Crippen molar-refractivity contribution in [2.45, 2.75) is 53.0 Å². The van der Waals surface area contributed by atoms with Crippen LogP contribution in [-0.2, 0) is 11.2 Å². The fraction of sp³-hybridized carbons (Fsp3) is 0.600. The van der Waals surface area contributed by atoms with Crippen LogP contribution >= 0.6 is 0 Å². The summed E-state index contributed by atoms with van der Waals surface area (Å²) in [5.41, 5.74) is 1.11. The molecule has 146 valence electrons. The molecule has 0 saturated heterocycles. The Labute approximate surface area is 156 Å². The summed E-state index contributed by atoms with van der Waals surface area (Å²) in [6.07, 6.45) is 2.45. The topological polar surface area (TPSA) is 65.5 Å². The zero-order chi connectivity index (χ0) is 19.6. The minimum absolute atomic E-state index is 0.0834. The summed E-state index contributed by atoms with van der Waals surface area (Å²) < 4.78 is 12.9. The summed E-state index contributed by atoms with van der Waals surface area (Å²) in [5, 5.41) is 9.41. The second-order valence-electron chi connectivity index (χ2n) is 7.80. The predicted octanol–water partition coefficient (Wildman–Crippen LogP) is 2.86. The number of benzene rings is 1. The summed E-state index contributed by atoms with van der Waals surface area (Å²) in [7, 11) is 1.74. The molecular formula is C20H33FN4O. The maximum Gasteiger partial charge on any atom is 0.224 e. The SMILES string of the molecule is CN=C(NCCNC(=O)Cc1ccc(F)cc1)NC(C)CCC(C)(C)C. The number of carbonyl (C=O) groups excluding carboxylic acids is 1. The standard InChI is InChI=1S/C20H33FN4O/c1-15(10-11-20(2,3)4)25-19(22-5)24-13-12-23-18(26)14-16-6-8-17(21)9-7-16/h6-9,15H,10-14H2,1-5H3,(H,23,26)(H2,22,24,25). The highest BCUT2D eigenvalue weighted by atomic mass is 19.1. The van der Waals surface area contributed by atoms with E-state index in [1.807, 2.05) is 0 Å². The van der Waals surface area contributed by atoms with Crippen molar-refractivity contribution in [1.82, 2.24) is 16.0 Å². The van der Waals surface area contributed by atoms with Crippen LogP contribution in [-0.4, -0.2) is 38.0 Å². The van der Waals surface area contributed by atoms with E-state index < -0.39 is 0 Å². The Morgan fingerprint density at radius 2 is 1.77 bits per heavy atom. The van der Waals surface area contributed by atoms with Gasteiger partial charge in [0.25, 0.3) is 0 Å². The molecule has 0 aliphatic carbocycles. The number of carbonyl (C=O) groups is 1. The molecule has 5 nitrogen and oxygen atoms in total. The number of nitrogens with one attached hydrogen (secondary N) is 3. The van der Waals surface area contributed by atoms with Gasteiger partial charge in [-0.15, -0.1) is 0 Å². The van der Waals surface area contributed by atoms with Crippen LogP contribution in [0.5, 0.6) is 0 Å². The van der Waals surface area contributed by atoms with Gasteiger partial charge in [-0.1, -0.05) is 32.9 Å². The second kappa shape index (κ2) is 10.8. The van der Waals surface area contributed by atoms with Gasteiger partial charge in [0.1, 0.15) is 5.82 Å². The minimum Gasteiger partial charge on any atom is -0.355 e. The number of hydrogen-bond acceptors (Lipinski definition) is 2. The largest absolute Gasteiger partial charge is 0.355 e. The van der Waals surface area contributed by atoms with Crippen LogP contribution < -0.4 is 16.0 Å². The third-order valence-corrected chi connectivity index (χ3v) is 3.95. The van der Waals surface area contributed by atoms with E-state index in [-0.39, 0.29) is 18.1 Å². The van der Waals surface area contributed by atoms with Gasteiger partial charge in [0.05, 0.1) is 6.42 Å². The first-order valence-corrected chi connectivity index (χ1v) is 9.18. The molecule has 0 aliphatic heterocycles. The molecule has 0 saturated carbocycles. The van der Waals surface area contributed by atoms with Crippen molar-refractivity contribution in [2.24, 2.45) is 10.4 Å². The number of hydrogen-bond donors (Lipinski definition) is 3. The molecule has 0 spiro atoms. The monoisotopic (exact) mass is 364 g/mol. The summed E-state index contributed by atoms with van der Waals surface area (Å²) in [6, 6.07) is 6.30.